The zero-order valence-electron chi connectivity index (χ0n) is 16.5. The minimum Gasteiger partial charge on any atom is -0.349 e. The van der Waals surface area contributed by atoms with Crippen molar-refractivity contribution in [1.82, 2.24) is 19.5 Å². The van der Waals surface area contributed by atoms with Crippen molar-refractivity contribution in [2.75, 3.05) is 11.1 Å². The highest BCUT2D eigenvalue weighted by Gasteiger charge is 2.18. The number of thiazole rings is 1. The molecule has 2 aromatic carbocycles. The van der Waals surface area contributed by atoms with Crippen LogP contribution >= 0.6 is 23.1 Å². The van der Waals surface area contributed by atoms with E-state index in [2.05, 4.69) is 15.3 Å². The zero-order valence-corrected chi connectivity index (χ0v) is 18.1. The van der Waals surface area contributed by atoms with Crippen LogP contribution in [0.4, 0.5) is 5.13 Å². The lowest BCUT2D eigenvalue weighted by molar-refractivity contribution is -0.113. The van der Waals surface area contributed by atoms with E-state index in [0.29, 0.717) is 27.0 Å². The van der Waals surface area contributed by atoms with Gasteiger partial charge in [0.05, 0.1) is 11.4 Å². The molecule has 0 saturated heterocycles. The van der Waals surface area contributed by atoms with Gasteiger partial charge in [0, 0.05) is 22.5 Å². The van der Waals surface area contributed by atoms with Crippen molar-refractivity contribution in [3.63, 3.8) is 0 Å². The van der Waals surface area contributed by atoms with Crippen molar-refractivity contribution in [3.05, 3.63) is 76.0 Å². The topological polar surface area (TPSA) is 92.7 Å². The Balaban J connectivity index is 1.60. The molecular weight excluding hydrogens is 430 g/mol. The molecule has 0 spiro atoms. The number of H-pyrrole nitrogens is 1. The number of carbonyl (C=O) groups excluding carboxylic acids is 1. The Bertz CT molecular complexity index is 1450. The monoisotopic (exact) mass is 447 g/mol. The summed E-state index contributed by atoms with van der Waals surface area (Å²) < 4.78 is 1.55. The molecule has 0 saturated carbocycles. The van der Waals surface area contributed by atoms with Gasteiger partial charge in [-0.1, -0.05) is 47.7 Å². The fourth-order valence-electron chi connectivity index (χ4n) is 3.33. The number of carbonyl (C=O) groups is 1. The summed E-state index contributed by atoms with van der Waals surface area (Å²) in [6.07, 6.45) is 1.63. The maximum atomic E-state index is 13.5. The van der Waals surface area contributed by atoms with E-state index in [4.69, 9.17) is 4.98 Å². The lowest BCUT2D eigenvalue weighted by Gasteiger charge is -2.12. The van der Waals surface area contributed by atoms with E-state index in [1.165, 1.54) is 23.1 Å². The third-order valence-corrected chi connectivity index (χ3v) is 6.42. The number of thioether (sulfide) groups is 1. The fraction of sp³-hybridized carbons (Fsp3) is 0.0909. The SMILES string of the molecule is Cc1ccc(-n2c(SCC(=O)Nc3nccs3)nc3c([nH]c4ccccc43)c2=O)cc1. The molecule has 0 aliphatic rings. The maximum absolute atomic E-state index is 13.5. The lowest BCUT2D eigenvalue weighted by Crippen LogP contribution is -2.23. The second-order valence-electron chi connectivity index (χ2n) is 6.94. The van der Waals surface area contributed by atoms with E-state index in [-0.39, 0.29) is 17.2 Å². The van der Waals surface area contributed by atoms with Crippen LogP contribution in [0.25, 0.3) is 27.6 Å². The molecule has 0 atom stereocenters. The minimum atomic E-state index is -0.205. The van der Waals surface area contributed by atoms with Crippen molar-refractivity contribution in [2.45, 2.75) is 12.1 Å². The van der Waals surface area contributed by atoms with Crippen LogP contribution < -0.4 is 10.9 Å². The molecule has 5 rings (SSSR count). The molecule has 0 unspecified atom stereocenters. The first-order valence-electron chi connectivity index (χ1n) is 9.53. The second-order valence-corrected chi connectivity index (χ2v) is 8.78. The number of nitrogens with one attached hydrogen (secondary N) is 2. The summed E-state index contributed by atoms with van der Waals surface area (Å²) in [5.41, 5.74) is 3.49. The molecule has 0 bridgehead atoms. The highest BCUT2D eigenvalue weighted by atomic mass is 32.2. The van der Waals surface area contributed by atoms with E-state index in [9.17, 15) is 9.59 Å². The minimum absolute atomic E-state index is 0.103. The number of aromatic nitrogens is 4. The van der Waals surface area contributed by atoms with Gasteiger partial charge in [0.2, 0.25) is 5.91 Å². The van der Waals surface area contributed by atoms with Gasteiger partial charge >= 0.3 is 0 Å². The summed E-state index contributed by atoms with van der Waals surface area (Å²) in [5, 5.41) is 6.43. The van der Waals surface area contributed by atoms with Crippen molar-refractivity contribution in [3.8, 4) is 5.69 Å². The first kappa shape index (κ1) is 19.5. The van der Waals surface area contributed by atoms with Gasteiger partial charge in [-0.3, -0.25) is 14.2 Å². The number of nitrogens with zero attached hydrogens (tertiary/aromatic N) is 3. The van der Waals surface area contributed by atoms with Gasteiger partial charge in [-0.05, 0) is 25.1 Å². The number of hydrogen-bond donors (Lipinski definition) is 2. The van der Waals surface area contributed by atoms with Crippen LogP contribution in [-0.2, 0) is 4.79 Å². The second kappa shape index (κ2) is 8.01. The standard InChI is InChI=1S/C22H17N5O2S2/c1-13-6-8-14(9-7-13)27-20(29)19-18(15-4-2-3-5-16(15)24-19)26-22(27)31-12-17(28)25-21-23-10-11-30-21/h2-11,24H,12H2,1H3,(H,23,25,28). The molecule has 7 nitrogen and oxygen atoms in total. The Morgan fingerprint density at radius 2 is 2.00 bits per heavy atom. The number of amides is 1. The molecule has 0 radical (unpaired) electrons. The Hall–Kier alpha value is -3.43. The number of benzene rings is 2. The molecule has 9 heteroatoms. The molecule has 3 aromatic heterocycles. The number of hydrogen-bond acceptors (Lipinski definition) is 6. The van der Waals surface area contributed by atoms with Crippen LogP contribution in [0.1, 0.15) is 5.56 Å². The van der Waals surface area contributed by atoms with Crippen LogP contribution in [-0.4, -0.2) is 31.2 Å². The Labute approximate surface area is 185 Å². The Morgan fingerprint density at radius 1 is 1.19 bits per heavy atom. The lowest BCUT2D eigenvalue weighted by atomic mass is 10.2. The van der Waals surface area contributed by atoms with Gasteiger partial charge in [0.25, 0.3) is 5.56 Å². The first-order chi connectivity index (χ1) is 15.1. The zero-order chi connectivity index (χ0) is 21.4. The number of aryl methyl sites for hydroxylation is 1. The van der Waals surface area contributed by atoms with Crippen molar-refractivity contribution in [2.24, 2.45) is 0 Å². The van der Waals surface area contributed by atoms with E-state index >= 15 is 0 Å². The molecule has 0 aliphatic heterocycles. The van der Waals surface area contributed by atoms with Gasteiger partial charge in [-0.25, -0.2) is 9.97 Å². The molecule has 2 N–H and O–H groups in total. The summed E-state index contributed by atoms with van der Waals surface area (Å²) >= 11 is 2.57. The highest BCUT2D eigenvalue weighted by Crippen LogP contribution is 2.26. The van der Waals surface area contributed by atoms with E-state index in [1.807, 2.05) is 55.5 Å². The third-order valence-electron chi connectivity index (χ3n) is 4.80. The smallest absolute Gasteiger partial charge is 0.283 e. The summed E-state index contributed by atoms with van der Waals surface area (Å²) in [7, 11) is 0. The molecular formula is C22H17N5O2S2. The number of anilines is 1. The van der Waals surface area contributed by atoms with Crippen molar-refractivity contribution in [1.29, 1.82) is 0 Å². The third kappa shape index (κ3) is 3.73. The van der Waals surface area contributed by atoms with Crippen LogP contribution in [0.15, 0.2) is 70.1 Å². The van der Waals surface area contributed by atoms with Crippen molar-refractivity contribution < 1.29 is 4.79 Å². The predicted molar refractivity (Wildman–Crippen MR) is 125 cm³/mol. The first-order valence-corrected chi connectivity index (χ1v) is 11.4. The van der Waals surface area contributed by atoms with Gasteiger partial charge < -0.3 is 10.3 Å². The predicted octanol–water partition coefficient (Wildman–Crippen LogP) is 4.36. The normalized spacial score (nSPS) is 11.3. The van der Waals surface area contributed by atoms with E-state index in [1.54, 1.807) is 16.1 Å². The summed E-state index contributed by atoms with van der Waals surface area (Å²) in [6.45, 7) is 1.99. The van der Waals surface area contributed by atoms with Crippen LogP contribution in [0.3, 0.4) is 0 Å². The average Bonchev–Trinajstić information content (AvgIpc) is 3.41. The number of fused-ring (bicyclic) bond motifs is 3. The van der Waals surface area contributed by atoms with Gasteiger partial charge in [-0.15, -0.1) is 11.3 Å². The molecule has 3 heterocycles. The molecule has 0 aliphatic carbocycles. The van der Waals surface area contributed by atoms with E-state index < -0.39 is 0 Å². The summed E-state index contributed by atoms with van der Waals surface area (Å²) in [4.78, 5) is 37.9. The number of rotatable bonds is 5. The van der Waals surface area contributed by atoms with E-state index in [0.717, 1.165) is 16.5 Å². The molecule has 1 amide bonds. The molecule has 154 valence electrons. The summed E-state index contributed by atoms with van der Waals surface area (Å²) in [5.74, 6) is -0.102. The van der Waals surface area contributed by atoms with Gasteiger partial charge in [0.15, 0.2) is 10.3 Å². The fourth-order valence-corrected chi connectivity index (χ4v) is 4.68. The molecule has 0 fully saturated rings. The average molecular weight is 448 g/mol. The Morgan fingerprint density at radius 3 is 2.77 bits per heavy atom. The van der Waals surface area contributed by atoms with Crippen LogP contribution in [0.5, 0.6) is 0 Å². The highest BCUT2D eigenvalue weighted by molar-refractivity contribution is 7.99. The quantitative estimate of drug-likeness (QED) is 0.308. The number of para-hydroxylation sites is 1. The van der Waals surface area contributed by atoms with Gasteiger partial charge in [0.1, 0.15) is 11.0 Å². The van der Waals surface area contributed by atoms with Crippen LogP contribution in [0.2, 0.25) is 0 Å². The molecule has 5 aromatic rings. The van der Waals surface area contributed by atoms with Gasteiger partial charge in [-0.2, -0.15) is 0 Å². The maximum Gasteiger partial charge on any atom is 0.283 e. The van der Waals surface area contributed by atoms with Crippen molar-refractivity contribution >= 4 is 56.1 Å². The number of aromatic amines is 1. The Kier molecular flexibility index (Phi) is 5.05. The largest absolute Gasteiger partial charge is 0.349 e. The molecule has 31 heavy (non-hydrogen) atoms. The summed E-state index contributed by atoms with van der Waals surface area (Å²) in [6, 6.07) is 15.3. The van der Waals surface area contributed by atoms with Crippen LogP contribution in [0, 0.1) is 6.92 Å².